The van der Waals surface area contributed by atoms with Crippen LogP contribution in [0.1, 0.15) is 30.1 Å². The van der Waals surface area contributed by atoms with E-state index >= 15 is 0 Å². The lowest BCUT2D eigenvalue weighted by Gasteiger charge is -1.95. The summed E-state index contributed by atoms with van der Waals surface area (Å²) < 4.78 is 4.84. The zero-order valence-corrected chi connectivity index (χ0v) is 8.80. The van der Waals surface area contributed by atoms with E-state index in [4.69, 9.17) is 9.63 Å². The number of aromatic nitrogens is 1. The summed E-state index contributed by atoms with van der Waals surface area (Å²) in [4.78, 5) is 11.6. The van der Waals surface area contributed by atoms with Crippen molar-refractivity contribution in [1.29, 1.82) is 0 Å². The zero-order valence-electron chi connectivity index (χ0n) is 7.98. The smallest absolute Gasteiger partial charge is 0.358 e. The van der Waals surface area contributed by atoms with Gasteiger partial charge in [0.1, 0.15) is 5.76 Å². The summed E-state index contributed by atoms with van der Waals surface area (Å²) in [5, 5.41) is 12.0. The van der Waals surface area contributed by atoms with Crippen molar-refractivity contribution in [2.75, 3.05) is 0 Å². The molecule has 0 saturated heterocycles. The van der Waals surface area contributed by atoms with E-state index in [2.05, 4.69) is 5.16 Å². The van der Waals surface area contributed by atoms with Crippen LogP contribution in [0.5, 0.6) is 0 Å². The maximum atomic E-state index is 10.5. The molecule has 0 fully saturated rings. The second-order valence-electron chi connectivity index (χ2n) is 2.67. The van der Waals surface area contributed by atoms with Gasteiger partial charge in [0.15, 0.2) is 5.69 Å². The molecule has 76 valence electrons. The normalized spacial score (nSPS) is 11.7. The number of carboxylic acids is 1. The van der Waals surface area contributed by atoms with Crippen molar-refractivity contribution in [3.05, 3.63) is 28.5 Å². The molecule has 0 spiro atoms. The maximum absolute atomic E-state index is 10.5. The van der Waals surface area contributed by atoms with Crippen LogP contribution in [0, 0.1) is 0 Å². The highest BCUT2D eigenvalue weighted by atomic mass is 32.2. The fraction of sp³-hybridized carbons (Fsp3) is 0.333. The van der Waals surface area contributed by atoms with Gasteiger partial charge in [-0.2, -0.15) is 0 Å². The van der Waals surface area contributed by atoms with Gasteiger partial charge in [-0.3, -0.25) is 0 Å². The molecule has 14 heavy (non-hydrogen) atoms. The SMILES string of the molecule is C/C=C(\C)SCc1cc(C(=O)O)no1. The average molecular weight is 213 g/mol. The Hall–Kier alpha value is -1.23. The van der Waals surface area contributed by atoms with E-state index in [9.17, 15) is 4.79 Å². The summed E-state index contributed by atoms with van der Waals surface area (Å²) in [6.45, 7) is 3.94. The lowest BCUT2D eigenvalue weighted by Crippen LogP contribution is -1.94. The molecule has 4 nitrogen and oxygen atoms in total. The quantitative estimate of drug-likeness (QED) is 0.832. The van der Waals surface area contributed by atoms with Crippen molar-refractivity contribution in [3.8, 4) is 0 Å². The number of hydrogen-bond donors (Lipinski definition) is 1. The molecule has 1 aromatic heterocycles. The Labute approximate surface area is 86.0 Å². The maximum Gasteiger partial charge on any atom is 0.358 e. The van der Waals surface area contributed by atoms with Gasteiger partial charge in [0, 0.05) is 6.07 Å². The van der Waals surface area contributed by atoms with E-state index in [1.807, 2.05) is 19.9 Å². The van der Waals surface area contributed by atoms with Gasteiger partial charge in [-0.15, -0.1) is 11.8 Å². The third-order valence-electron chi connectivity index (χ3n) is 1.63. The highest BCUT2D eigenvalue weighted by molar-refractivity contribution is 8.02. The number of allylic oxidation sites excluding steroid dienone is 2. The standard InChI is InChI=1S/C9H11NO3S/c1-3-6(2)14-5-7-4-8(9(11)12)10-13-7/h3-4H,5H2,1-2H3,(H,11,12)/b6-3+. The predicted molar refractivity (Wildman–Crippen MR) is 54.2 cm³/mol. The Bertz CT molecular complexity index is 357. The number of carbonyl (C=O) groups is 1. The minimum absolute atomic E-state index is 0.0428. The molecule has 0 aromatic carbocycles. The van der Waals surface area contributed by atoms with Gasteiger partial charge < -0.3 is 9.63 Å². The molecule has 0 unspecified atom stereocenters. The highest BCUT2D eigenvalue weighted by Crippen LogP contribution is 2.20. The van der Waals surface area contributed by atoms with Crippen LogP contribution in [-0.2, 0) is 5.75 Å². The lowest BCUT2D eigenvalue weighted by atomic mass is 10.4. The number of carboxylic acid groups (broad SMARTS) is 1. The summed E-state index contributed by atoms with van der Waals surface area (Å²) in [5.41, 5.74) is -0.0428. The Morgan fingerprint density at radius 3 is 3.00 bits per heavy atom. The van der Waals surface area contributed by atoms with Crippen LogP contribution in [0.3, 0.4) is 0 Å². The fourth-order valence-corrected chi connectivity index (χ4v) is 1.42. The van der Waals surface area contributed by atoms with E-state index < -0.39 is 5.97 Å². The summed E-state index contributed by atoms with van der Waals surface area (Å²) in [6, 6.07) is 1.44. The zero-order chi connectivity index (χ0) is 10.6. The second kappa shape index (κ2) is 4.85. The third kappa shape index (κ3) is 2.92. The molecule has 0 bridgehead atoms. The molecule has 0 saturated carbocycles. The van der Waals surface area contributed by atoms with Crippen LogP contribution in [0.15, 0.2) is 21.6 Å². The first-order valence-electron chi connectivity index (χ1n) is 4.08. The van der Waals surface area contributed by atoms with Crippen molar-refractivity contribution in [2.24, 2.45) is 0 Å². The second-order valence-corrected chi connectivity index (χ2v) is 3.89. The summed E-state index contributed by atoms with van der Waals surface area (Å²) >= 11 is 1.59. The van der Waals surface area contributed by atoms with Gasteiger partial charge in [0.25, 0.3) is 0 Å². The topological polar surface area (TPSA) is 63.3 Å². The number of hydrogen-bond acceptors (Lipinski definition) is 4. The molecule has 0 amide bonds. The fourth-order valence-electron chi connectivity index (χ4n) is 0.750. The van der Waals surface area contributed by atoms with Crippen molar-refractivity contribution in [3.63, 3.8) is 0 Å². The summed E-state index contributed by atoms with van der Waals surface area (Å²) in [5.74, 6) is 0.123. The van der Waals surface area contributed by atoms with E-state index in [1.165, 1.54) is 11.0 Å². The molecule has 1 N–H and O–H groups in total. The minimum atomic E-state index is -1.06. The Morgan fingerprint density at radius 2 is 2.50 bits per heavy atom. The van der Waals surface area contributed by atoms with Crippen molar-refractivity contribution in [2.45, 2.75) is 19.6 Å². The first-order valence-corrected chi connectivity index (χ1v) is 5.06. The molecular formula is C9H11NO3S. The van der Waals surface area contributed by atoms with Crippen LogP contribution in [0.2, 0.25) is 0 Å². The number of nitrogens with zero attached hydrogens (tertiary/aromatic N) is 1. The van der Waals surface area contributed by atoms with E-state index in [1.54, 1.807) is 11.8 Å². The van der Waals surface area contributed by atoms with E-state index in [0.29, 0.717) is 11.5 Å². The molecule has 1 heterocycles. The molecule has 1 aromatic rings. The lowest BCUT2D eigenvalue weighted by molar-refractivity contribution is 0.0685. The van der Waals surface area contributed by atoms with Gasteiger partial charge >= 0.3 is 5.97 Å². The van der Waals surface area contributed by atoms with Gasteiger partial charge in [0.2, 0.25) is 0 Å². The van der Waals surface area contributed by atoms with Crippen LogP contribution >= 0.6 is 11.8 Å². The molecule has 5 heteroatoms. The monoisotopic (exact) mass is 213 g/mol. The third-order valence-corrected chi connectivity index (χ3v) is 2.75. The molecule has 0 radical (unpaired) electrons. The van der Waals surface area contributed by atoms with Gasteiger partial charge in [-0.25, -0.2) is 4.79 Å². The molecular weight excluding hydrogens is 202 g/mol. The molecule has 0 atom stereocenters. The minimum Gasteiger partial charge on any atom is -0.476 e. The van der Waals surface area contributed by atoms with E-state index in [-0.39, 0.29) is 5.69 Å². The molecule has 0 aliphatic rings. The van der Waals surface area contributed by atoms with Crippen LogP contribution < -0.4 is 0 Å². The average Bonchev–Trinajstić information content (AvgIpc) is 2.62. The Kier molecular flexibility index (Phi) is 3.76. The first kappa shape index (κ1) is 10.8. The van der Waals surface area contributed by atoms with Gasteiger partial charge in [-0.1, -0.05) is 11.2 Å². The highest BCUT2D eigenvalue weighted by Gasteiger charge is 2.10. The molecule has 1 rings (SSSR count). The first-order chi connectivity index (χ1) is 6.63. The van der Waals surface area contributed by atoms with Crippen LogP contribution in [-0.4, -0.2) is 16.2 Å². The van der Waals surface area contributed by atoms with Crippen molar-refractivity contribution in [1.82, 2.24) is 5.16 Å². The number of thioether (sulfide) groups is 1. The van der Waals surface area contributed by atoms with E-state index in [0.717, 1.165) is 0 Å². The van der Waals surface area contributed by atoms with Crippen LogP contribution in [0.4, 0.5) is 0 Å². The van der Waals surface area contributed by atoms with Crippen LogP contribution in [0.25, 0.3) is 0 Å². The molecule has 0 aliphatic carbocycles. The molecule has 0 aliphatic heterocycles. The Morgan fingerprint density at radius 1 is 1.79 bits per heavy atom. The Balaban J connectivity index is 2.56. The van der Waals surface area contributed by atoms with Crippen molar-refractivity contribution < 1.29 is 14.4 Å². The number of aromatic carboxylic acids is 1. The van der Waals surface area contributed by atoms with Gasteiger partial charge in [0.05, 0.1) is 5.75 Å². The summed E-state index contributed by atoms with van der Waals surface area (Å²) in [7, 11) is 0. The largest absolute Gasteiger partial charge is 0.476 e. The summed E-state index contributed by atoms with van der Waals surface area (Å²) in [6.07, 6.45) is 1.99. The van der Waals surface area contributed by atoms with Crippen molar-refractivity contribution >= 4 is 17.7 Å². The van der Waals surface area contributed by atoms with Gasteiger partial charge in [-0.05, 0) is 18.8 Å². The number of rotatable bonds is 4. The predicted octanol–water partition coefficient (Wildman–Crippen LogP) is 2.53.